The first kappa shape index (κ1) is 17.9. The van der Waals surface area contributed by atoms with E-state index in [-0.39, 0.29) is 18.5 Å². The van der Waals surface area contributed by atoms with Gasteiger partial charge in [-0.1, -0.05) is 30.3 Å². The van der Waals surface area contributed by atoms with Crippen LogP contribution in [-0.4, -0.2) is 39.1 Å². The van der Waals surface area contributed by atoms with E-state index in [1.54, 1.807) is 24.3 Å². The van der Waals surface area contributed by atoms with Gasteiger partial charge in [-0.15, -0.1) is 0 Å². The summed E-state index contributed by atoms with van der Waals surface area (Å²) in [5, 5.41) is 20.0. The van der Waals surface area contributed by atoms with Gasteiger partial charge in [0.15, 0.2) is 0 Å². The number of amides is 1. The number of carboxylic acids is 2. The van der Waals surface area contributed by atoms with E-state index >= 15 is 0 Å². The van der Waals surface area contributed by atoms with Crippen LogP contribution in [0.25, 0.3) is 11.3 Å². The summed E-state index contributed by atoms with van der Waals surface area (Å²) in [5.74, 6) is -3.17. The molecule has 1 aromatic heterocycles. The zero-order chi connectivity index (χ0) is 18.4. The predicted molar refractivity (Wildman–Crippen MR) is 89.8 cm³/mol. The van der Waals surface area contributed by atoms with E-state index in [4.69, 9.17) is 15.9 Å². The number of nitrogen functional groups attached to an aromatic ring is 1. The molecular formula is C17H17N3O5. The maximum absolute atomic E-state index is 12.3. The number of hydrogen-bond acceptors (Lipinski definition) is 5. The van der Waals surface area contributed by atoms with Crippen molar-refractivity contribution < 1.29 is 24.6 Å². The van der Waals surface area contributed by atoms with E-state index in [9.17, 15) is 14.4 Å². The second-order valence-electron chi connectivity index (χ2n) is 5.30. The van der Waals surface area contributed by atoms with Crippen LogP contribution in [0.15, 0.2) is 42.5 Å². The molecule has 2 aromatic rings. The number of carbonyl (C=O) groups is 3. The minimum atomic E-state index is -1.32. The third kappa shape index (κ3) is 4.77. The molecule has 1 atom stereocenters. The van der Waals surface area contributed by atoms with Gasteiger partial charge < -0.3 is 21.3 Å². The van der Waals surface area contributed by atoms with Crippen molar-refractivity contribution in [3.8, 4) is 11.3 Å². The summed E-state index contributed by atoms with van der Waals surface area (Å²) >= 11 is 0. The van der Waals surface area contributed by atoms with Gasteiger partial charge in [-0.05, 0) is 18.6 Å². The topological polar surface area (TPSA) is 143 Å². The van der Waals surface area contributed by atoms with E-state index in [0.717, 1.165) is 5.56 Å². The molecule has 0 saturated carbocycles. The van der Waals surface area contributed by atoms with Crippen molar-refractivity contribution in [2.24, 2.45) is 0 Å². The minimum absolute atomic E-state index is 0.00497. The number of nitrogens with two attached hydrogens (primary N) is 1. The van der Waals surface area contributed by atoms with Crippen LogP contribution in [0.4, 0.5) is 5.69 Å². The Hall–Kier alpha value is -3.42. The fourth-order valence-corrected chi connectivity index (χ4v) is 2.18. The summed E-state index contributed by atoms with van der Waals surface area (Å²) in [6.07, 6.45) is -0.599. The van der Waals surface area contributed by atoms with Gasteiger partial charge in [0.25, 0.3) is 5.91 Å². The standard InChI is InChI=1S/C17H17N3O5/c18-11-6-7-12(19-15(11)10-4-2-1-3-5-10)16(23)20-13(17(24)25)8-9-14(21)22/h1-7,13H,8-9,18H2,(H,20,23)(H,21,22)(H,24,25)/t13-/m0/s1. The molecule has 5 N–H and O–H groups in total. The van der Waals surface area contributed by atoms with E-state index in [0.29, 0.717) is 11.4 Å². The molecule has 1 heterocycles. The summed E-state index contributed by atoms with van der Waals surface area (Å²) < 4.78 is 0. The third-order valence-electron chi connectivity index (χ3n) is 3.46. The zero-order valence-electron chi connectivity index (χ0n) is 13.2. The molecular weight excluding hydrogens is 326 g/mol. The second kappa shape index (κ2) is 7.91. The summed E-state index contributed by atoms with van der Waals surface area (Å²) in [4.78, 5) is 38.2. The van der Waals surface area contributed by atoms with Crippen molar-refractivity contribution in [3.63, 3.8) is 0 Å². The highest BCUT2D eigenvalue weighted by Gasteiger charge is 2.22. The van der Waals surface area contributed by atoms with Crippen LogP contribution in [0.3, 0.4) is 0 Å². The molecule has 1 amide bonds. The van der Waals surface area contributed by atoms with Gasteiger partial charge in [0, 0.05) is 12.0 Å². The van der Waals surface area contributed by atoms with Crippen LogP contribution < -0.4 is 11.1 Å². The lowest BCUT2D eigenvalue weighted by Crippen LogP contribution is -2.41. The average Bonchev–Trinajstić information content (AvgIpc) is 2.59. The molecule has 0 saturated heterocycles. The molecule has 2 rings (SSSR count). The molecule has 25 heavy (non-hydrogen) atoms. The van der Waals surface area contributed by atoms with E-state index < -0.39 is 23.9 Å². The molecule has 8 nitrogen and oxygen atoms in total. The maximum Gasteiger partial charge on any atom is 0.326 e. The van der Waals surface area contributed by atoms with Gasteiger partial charge in [0.05, 0.1) is 11.4 Å². The largest absolute Gasteiger partial charge is 0.481 e. The quantitative estimate of drug-likeness (QED) is 0.594. The maximum atomic E-state index is 12.3. The third-order valence-corrected chi connectivity index (χ3v) is 3.46. The molecule has 0 bridgehead atoms. The minimum Gasteiger partial charge on any atom is -0.481 e. The Kier molecular flexibility index (Phi) is 5.67. The molecule has 0 aliphatic rings. The van der Waals surface area contributed by atoms with Gasteiger partial charge in [0.2, 0.25) is 0 Å². The number of carboxylic acid groups (broad SMARTS) is 2. The number of nitrogens with one attached hydrogen (secondary N) is 1. The molecule has 0 radical (unpaired) electrons. The van der Waals surface area contributed by atoms with Crippen LogP contribution in [0.5, 0.6) is 0 Å². The Balaban J connectivity index is 2.21. The Morgan fingerprint density at radius 3 is 2.36 bits per heavy atom. The van der Waals surface area contributed by atoms with Crippen molar-refractivity contribution >= 4 is 23.5 Å². The number of hydrogen-bond donors (Lipinski definition) is 4. The lowest BCUT2D eigenvalue weighted by atomic mass is 10.1. The van der Waals surface area contributed by atoms with Gasteiger partial charge in [-0.2, -0.15) is 0 Å². The van der Waals surface area contributed by atoms with Gasteiger partial charge in [0.1, 0.15) is 11.7 Å². The number of pyridine rings is 1. The van der Waals surface area contributed by atoms with Crippen LogP contribution in [0.1, 0.15) is 23.3 Å². The summed E-state index contributed by atoms with van der Waals surface area (Å²) in [7, 11) is 0. The molecule has 0 fully saturated rings. The van der Waals surface area contributed by atoms with Crippen molar-refractivity contribution in [3.05, 3.63) is 48.2 Å². The molecule has 0 aliphatic carbocycles. The summed E-state index contributed by atoms with van der Waals surface area (Å²) in [6, 6.07) is 10.6. The van der Waals surface area contributed by atoms with E-state index in [2.05, 4.69) is 10.3 Å². The van der Waals surface area contributed by atoms with E-state index in [1.165, 1.54) is 12.1 Å². The first-order valence-electron chi connectivity index (χ1n) is 7.46. The van der Waals surface area contributed by atoms with Crippen LogP contribution >= 0.6 is 0 Å². The molecule has 1 aromatic carbocycles. The van der Waals surface area contributed by atoms with Crippen LogP contribution in [-0.2, 0) is 9.59 Å². The number of anilines is 1. The molecule has 0 aliphatic heterocycles. The smallest absolute Gasteiger partial charge is 0.326 e. The Morgan fingerprint density at radius 1 is 1.08 bits per heavy atom. The second-order valence-corrected chi connectivity index (χ2v) is 5.30. The van der Waals surface area contributed by atoms with Crippen molar-refractivity contribution in [1.82, 2.24) is 10.3 Å². The number of rotatable bonds is 7. The SMILES string of the molecule is Nc1ccc(C(=O)N[C@@H](CCC(=O)O)C(=O)O)nc1-c1ccccc1. The van der Waals surface area contributed by atoms with Crippen LogP contribution in [0, 0.1) is 0 Å². The number of nitrogens with zero attached hydrogens (tertiary/aromatic N) is 1. The zero-order valence-corrected chi connectivity index (χ0v) is 13.2. The van der Waals surface area contributed by atoms with Crippen molar-refractivity contribution in [2.75, 3.05) is 5.73 Å². The van der Waals surface area contributed by atoms with Gasteiger partial charge in [-0.25, -0.2) is 9.78 Å². The Bertz CT molecular complexity index is 792. The van der Waals surface area contributed by atoms with Gasteiger partial charge >= 0.3 is 11.9 Å². The van der Waals surface area contributed by atoms with Gasteiger partial charge in [-0.3, -0.25) is 9.59 Å². The fraction of sp³-hybridized carbons (Fsp3) is 0.176. The fourth-order valence-electron chi connectivity index (χ4n) is 2.18. The summed E-state index contributed by atoms with van der Waals surface area (Å²) in [6.45, 7) is 0. The average molecular weight is 343 g/mol. The number of aromatic nitrogens is 1. The molecule has 8 heteroatoms. The first-order chi connectivity index (χ1) is 11.9. The number of carbonyl (C=O) groups excluding carboxylic acids is 1. The summed E-state index contributed by atoms with van der Waals surface area (Å²) in [5.41, 5.74) is 7.40. The lowest BCUT2D eigenvalue weighted by molar-refractivity contribution is -0.140. The monoisotopic (exact) mass is 343 g/mol. The van der Waals surface area contributed by atoms with Crippen LogP contribution in [0.2, 0.25) is 0 Å². The molecule has 0 spiro atoms. The number of benzene rings is 1. The van der Waals surface area contributed by atoms with E-state index in [1.807, 2.05) is 6.07 Å². The first-order valence-corrected chi connectivity index (χ1v) is 7.46. The van der Waals surface area contributed by atoms with Crippen molar-refractivity contribution in [2.45, 2.75) is 18.9 Å². The Labute approximate surface area is 143 Å². The number of aliphatic carboxylic acids is 2. The highest BCUT2D eigenvalue weighted by atomic mass is 16.4. The molecule has 130 valence electrons. The highest BCUT2D eigenvalue weighted by Crippen LogP contribution is 2.23. The highest BCUT2D eigenvalue weighted by molar-refractivity contribution is 5.96. The lowest BCUT2D eigenvalue weighted by Gasteiger charge is -2.14. The normalized spacial score (nSPS) is 11.5. The Morgan fingerprint density at radius 2 is 1.76 bits per heavy atom. The molecule has 0 unspecified atom stereocenters. The van der Waals surface area contributed by atoms with Crippen molar-refractivity contribution in [1.29, 1.82) is 0 Å². The predicted octanol–water partition coefficient (Wildman–Crippen LogP) is 1.38.